The van der Waals surface area contributed by atoms with Crippen molar-refractivity contribution in [1.82, 2.24) is 4.98 Å². The van der Waals surface area contributed by atoms with E-state index < -0.39 is 21.4 Å². The summed E-state index contributed by atoms with van der Waals surface area (Å²) in [4.78, 5) is 4.38. The number of hydrogen-bond acceptors (Lipinski definition) is 5. The van der Waals surface area contributed by atoms with E-state index in [1.807, 2.05) is 31.2 Å². The van der Waals surface area contributed by atoms with Gasteiger partial charge in [-0.15, -0.1) is 0 Å². The van der Waals surface area contributed by atoms with Crippen molar-refractivity contribution >= 4 is 32.2 Å². The van der Waals surface area contributed by atoms with Crippen molar-refractivity contribution in [3.8, 4) is 28.0 Å². The van der Waals surface area contributed by atoms with Gasteiger partial charge in [-0.3, -0.25) is 4.98 Å². The van der Waals surface area contributed by atoms with Gasteiger partial charge in [0.1, 0.15) is 5.52 Å². The van der Waals surface area contributed by atoms with E-state index in [-0.39, 0.29) is 5.58 Å². The molecule has 3 aromatic carbocycles. The number of pyridine rings is 1. The van der Waals surface area contributed by atoms with E-state index in [1.165, 1.54) is 6.07 Å². The van der Waals surface area contributed by atoms with E-state index in [4.69, 9.17) is 4.42 Å². The monoisotopic (exact) mass is 483 g/mol. The molecule has 0 aliphatic rings. The van der Waals surface area contributed by atoms with Crippen LogP contribution >= 0.6 is 0 Å². The molecule has 0 radical (unpaired) electrons. The number of halogens is 3. The SMILES string of the molecule is Cc1cccc(-c2ccnc3c2oc2c(OS(=O)(=O)C(F)(F)F)cc(-c4ccccc4)cc23)c1. The molecular formula is C25H16F3NO4S. The van der Waals surface area contributed by atoms with E-state index in [0.717, 1.165) is 11.1 Å². The van der Waals surface area contributed by atoms with Gasteiger partial charge in [0.15, 0.2) is 16.9 Å². The predicted molar refractivity (Wildman–Crippen MR) is 123 cm³/mol. The number of aromatic nitrogens is 1. The van der Waals surface area contributed by atoms with Gasteiger partial charge < -0.3 is 8.60 Å². The third-order valence-corrected chi connectivity index (χ3v) is 6.30. The molecule has 0 amide bonds. The fourth-order valence-electron chi connectivity index (χ4n) is 3.79. The van der Waals surface area contributed by atoms with Gasteiger partial charge in [-0.05, 0) is 41.8 Å². The molecule has 34 heavy (non-hydrogen) atoms. The summed E-state index contributed by atoms with van der Waals surface area (Å²) < 4.78 is 73.5. The summed E-state index contributed by atoms with van der Waals surface area (Å²) in [6.45, 7) is 1.93. The van der Waals surface area contributed by atoms with Crippen LogP contribution < -0.4 is 4.18 Å². The molecular weight excluding hydrogens is 467 g/mol. The third-order valence-electron chi connectivity index (χ3n) is 5.34. The first-order chi connectivity index (χ1) is 16.1. The lowest BCUT2D eigenvalue weighted by molar-refractivity contribution is -0.0499. The Hall–Kier alpha value is -3.85. The van der Waals surface area contributed by atoms with Gasteiger partial charge >= 0.3 is 15.6 Å². The number of benzene rings is 3. The lowest BCUT2D eigenvalue weighted by Gasteiger charge is -2.11. The van der Waals surface area contributed by atoms with Crippen molar-refractivity contribution in [3.05, 3.63) is 84.6 Å². The van der Waals surface area contributed by atoms with Crippen LogP contribution in [0.15, 0.2) is 83.4 Å². The first kappa shape index (κ1) is 22.0. The fourth-order valence-corrected chi connectivity index (χ4v) is 4.25. The van der Waals surface area contributed by atoms with Crippen LogP contribution in [-0.2, 0) is 10.1 Å². The number of furan rings is 1. The first-order valence-electron chi connectivity index (χ1n) is 10.1. The Bertz CT molecular complexity index is 1640. The van der Waals surface area contributed by atoms with Gasteiger partial charge in [0.05, 0.1) is 5.39 Å². The fraction of sp³-hybridized carbons (Fsp3) is 0.0800. The summed E-state index contributed by atoms with van der Waals surface area (Å²) in [6, 6.07) is 21.0. The van der Waals surface area contributed by atoms with Crippen molar-refractivity contribution in [3.63, 3.8) is 0 Å². The van der Waals surface area contributed by atoms with Gasteiger partial charge in [0.25, 0.3) is 0 Å². The normalized spacial score (nSPS) is 12.4. The van der Waals surface area contributed by atoms with Crippen molar-refractivity contribution in [1.29, 1.82) is 0 Å². The maximum Gasteiger partial charge on any atom is 0.534 e. The highest BCUT2D eigenvalue weighted by Gasteiger charge is 2.49. The zero-order valence-corrected chi connectivity index (χ0v) is 18.4. The summed E-state index contributed by atoms with van der Waals surface area (Å²) in [5.74, 6) is -0.568. The molecule has 9 heteroatoms. The second kappa shape index (κ2) is 7.88. The number of nitrogens with zero attached hydrogens (tertiary/aromatic N) is 1. The summed E-state index contributed by atoms with van der Waals surface area (Å²) in [5.41, 5.74) is -1.47. The Kier molecular flexibility index (Phi) is 5.09. The molecule has 0 saturated carbocycles. The Morgan fingerprint density at radius 1 is 0.853 bits per heavy atom. The van der Waals surface area contributed by atoms with E-state index in [2.05, 4.69) is 9.17 Å². The van der Waals surface area contributed by atoms with Crippen molar-refractivity contribution in [2.24, 2.45) is 0 Å². The highest BCUT2D eigenvalue weighted by Crippen LogP contribution is 2.42. The zero-order chi connectivity index (χ0) is 24.1. The van der Waals surface area contributed by atoms with Gasteiger partial charge in [0, 0.05) is 11.8 Å². The lowest BCUT2D eigenvalue weighted by atomic mass is 10.0. The Morgan fingerprint density at radius 2 is 1.59 bits per heavy atom. The van der Waals surface area contributed by atoms with Crippen LogP contribution in [0.1, 0.15) is 5.56 Å². The summed E-state index contributed by atoms with van der Waals surface area (Å²) in [5, 5.41) is 0.332. The molecule has 5 rings (SSSR count). The third kappa shape index (κ3) is 3.77. The first-order valence-corrected chi connectivity index (χ1v) is 11.5. The molecule has 0 aliphatic heterocycles. The molecule has 2 heterocycles. The maximum atomic E-state index is 13.1. The van der Waals surface area contributed by atoms with Gasteiger partial charge in [0.2, 0.25) is 0 Å². The number of fused-ring (bicyclic) bond motifs is 3. The van der Waals surface area contributed by atoms with Crippen LogP contribution in [0, 0.1) is 6.92 Å². The molecule has 0 fully saturated rings. The number of alkyl halides is 3. The average Bonchev–Trinajstić information content (AvgIpc) is 3.18. The number of rotatable bonds is 4. The molecule has 0 bridgehead atoms. The van der Waals surface area contributed by atoms with Crippen LogP contribution in [0.2, 0.25) is 0 Å². The molecule has 5 nitrogen and oxygen atoms in total. The van der Waals surface area contributed by atoms with E-state index >= 15 is 0 Å². The Labute approximate surface area is 192 Å². The van der Waals surface area contributed by atoms with E-state index in [1.54, 1.807) is 48.7 Å². The van der Waals surface area contributed by atoms with Crippen LogP contribution in [0.3, 0.4) is 0 Å². The van der Waals surface area contributed by atoms with Crippen LogP contribution in [-0.4, -0.2) is 18.9 Å². The zero-order valence-electron chi connectivity index (χ0n) is 17.6. The quantitative estimate of drug-likeness (QED) is 0.207. The highest BCUT2D eigenvalue weighted by atomic mass is 32.2. The molecule has 0 N–H and O–H groups in total. The molecule has 0 unspecified atom stereocenters. The van der Waals surface area contributed by atoms with Crippen LogP contribution in [0.25, 0.3) is 44.3 Å². The van der Waals surface area contributed by atoms with Crippen molar-refractivity contribution in [2.45, 2.75) is 12.4 Å². The molecule has 172 valence electrons. The molecule has 0 saturated heterocycles. The average molecular weight is 483 g/mol. The minimum absolute atomic E-state index is 0.143. The number of hydrogen-bond donors (Lipinski definition) is 0. The number of aryl methyl sites for hydroxylation is 1. The van der Waals surface area contributed by atoms with Gasteiger partial charge in [-0.25, -0.2) is 0 Å². The van der Waals surface area contributed by atoms with Gasteiger partial charge in [-0.2, -0.15) is 21.6 Å². The largest absolute Gasteiger partial charge is 0.534 e. The van der Waals surface area contributed by atoms with Crippen LogP contribution in [0.5, 0.6) is 5.75 Å². The lowest BCUT2D eigenvalue weighted by Crippen LogP contribution is -2.28. The van der Waals surface area contributed by atoms with Crippen molar-refractivity contribution in [2.75, 3.05) is 0 Å². The minimum atomic E-state index is -5.93. The second-order valence-corrected chi connectivity index (χ2v) is 9.25. The standard InChI is InChI=1S/C25H16F3NO4S/c1-15-6-5-9-17(12-15)19-10-11-29-22-20-13-18(16-7-3-2-4-8-16)14-21(23(20)32-24(19)22)33-34(30,31)25(26,27)28/h2-14H,1H3. The second-order valence-electron chi connectivity index (χ2n) is 7.71. The van der Waals surface area contributed by atoms with Gasteiger partial charge in [-0.1, -0.05) is 60.2 Å². The molecule has 5 aromatic rings. The summed E-state index contributed by atoms with van der Waals surface area (Å²) in [7, 11) is -5.93. The molecule has 0 spiro atoms. The summed E-state index contributed by atoms with van der Waals surface area (Å²) >= 11 is 0. The van der Waals surface area contributed by atoms with E-state index in [0.29, 0.717) is 33.2 Å². The topological polar surface area (TPSA) is 69.4 Å². The Balaban J connectivity index is 1.82. The maximum absolute atomic E-state index is 13.1. The highest BCUT2D eigenvalue weighted by molar-refractivity contribution is 7.88. The molecule has 0 atom stereocenters. The summed E-state index contributed by atoms with van der Waals surface area (Å²) in [6.07, 6.45) is 1.57. The van der Waals surface area contributed by atoms with E-state index in [9.17, 15) is 21.6 Å². The smallest absolute Gasteiger partial charge is 0.450 e. The molecule has 2 aromatic heterocycles. The minimum Gasteiger partial charge on any atom is -0.450 e. The molecule has 0 aliphatic carbocycles. The van der Waals surface area contributed by atoms with Crippen LogP contribution in [0.4, 0.5) is 13.2 Å². The predicted octanol–water partition coefficient (Wildman–Crippen LogP) is 6.85. The Morgan fingerprint density at radius 3 is 2.29 bits per heavy atom. The van der Waals surface area contributed by atoms with Crippen molar-refractivity contribution < 1.29 is 30.2 Å².